The summed E-state index contributed by atoms with van der Waals surface area (Å²) in [6, 6.07) is 6.63. The standard InChI is InChI=1S/C15H17FN4OS2/c1-9(13(21)17-8-10-2-4-11(16)5-3-10)22-15-20-19-14(23-15)18-12-6-7-12/h2-5,9,12H,6-8H2,1H3,(H,17,21)(H,18,19)/t9-/m0/s1. The summed E-state index contributed by atoms with van der Waals surface area (Å²) in [4.78, 5) is 12.1. The Morgan fingerprint density at radius 1 is 1.39 bits per heavy atom. The largest absolute Gasteiger partial charge is 0.357 e. The summed E-state index contributed by atoms with van der Waals surface area (Å²) in [7, 11) is 0. The van der Waals surface area contributed by atoms with Gasteiger partial charge in [-0.25, -0.2) is 4.39 Å². The number of nitrogens with one attached hydrogen (secondary N) is 2. The first-order valence-electron chi connectivity index (χ1n) is 7.39. The van der Waals surface area contributed by atoms with Crippen molar-refractivity contribution in [3.63, 3.8) is 0 Å². The fraction of sp³-hybridized carbons (Fsp3) is 0.400. The van der Waals surface area contributed by atoms with Crippen LogP contribution in [0.1, 0.15) is 25.3 Å². The number of carbonyl (C=O) groups is 1. The number of rotatable bonds is 7. The number of aromatic nitrogens is 2. The Hall–Kier alpha value is -1.67. The van der Waals surface area contributed by atoms with Crippen molar-refractivity contribution in [1.82, 2.24) is 15.5 Å². The van der Waals surface area contributed by atoms with Crippen LogP contribution in [0.15, 0.2) is 28.6 Å². The molecule has 1 aromatic heterocycles. The topological polar surface area (TPSA) is 66.9 Å². The maximum atomic E-state index is 12.8. The Morgan fingerprint density at radius 2 is 2.13 bits per heavy atom. The van der Waals surface area contributed by atoms with E-state index in [1.54, 1.807) is 12.1 Å². The van der Waals surface area contributed by atoms with Crippen LogP contribution in [0.5, 0.6) is 0 Å². The summed E-state index contributed by atoms with van der Waals surface area (Å²) in [5.74, 6) is -0.359. The number of carbonyl (C=O) groups excluding carboxylic acids is 1. The van der Waals surface area contributed by atoms with Crippen LogP contribution >= 0.6 is 23.1 Å². The third kappa shape index (κ3) is 4.90. The third-order valence-electron chi connectivity index (χ3n) is 3.34. The molecule has 2 N–H and O–H groups in total. The number of hydrogen-bond acceptors (Lipinski definition) is 6. The van der Waals surface area contributed by atoms with E-state index in [4.69, 9.17) is 0 Å². The molecule has 1 heterocycles. The normalized spacial score (nSPS) is 15.2. The highest BCUT2D eigenvalue weighted by Crippen LogP contribution is 2.32. The van der Waals surface area contributed by atoms with E-state index in [-0.39, 0.29) is 17.0 Å². The molecule has 0 bridgehead atoms. The summed E-state index contributed by atoms with van der Waals surface area (Å²) in [5, 5.41) is 14.9. The second-order valence-electron chi connectivity index (χ2n) is 5.40. The van der Waals surface area contributed by atoms with Crippen molar-refractivity contribution in [3.05, 3.63) is 35.6 Å². The molecule has 0 saturated heterocycles. The second kappa shape index (κ2) is 7.27. The maximum absolute atomic E-state index is 12.8. The van der Waals surface area contributed by atoms with Gasteiger partial charge in [-0.05, 0) is 37.5 Å². The van der Waals surface area contributed by atoms with E-state index in [0.717, 1.165) is 15.0 Å². The number of nitrogens with zero attached hydrogens (tertiary/aromatic N) is 2. The number of amides is 1. The Labute approximate surface area is 142 Å². The van der Waals surface area contributed by atoms with Gasteiger partial charge in [0.2, 0.25) is 11.0 Å². The lowest BCUT2D eigenvalue weighted by Gasteiger charge is -2.10. The lowest BCUT2D eigenvalue weighted by Crippen LogP contribution is -2.30. The van der Waals surface area contributed by atoms with Gasteiger partial charge >= 0.3 is 0 Å². The molecule has 0 unspecified atom stereocenters. The minimum Gasteiger partial charge on any atom is -0.357 e. The molecule has 23 heavy (non-hydrogen) atoms. The average molecular weight is 352 g/mol. The molecular formula is C15H17FN4OS2. The van der Waals surface area contributed by atoms with E-state index in [1.807, 2.05) is 6.92 Å². The Kier molecular flexibility index (Phi) is 5.12. The molecule has 5 nitrogen and oxygen atoms in total. The molecule has 1 atom stereocenters. The van der Waals surface area contributed by atoms with Crippen LogP contribution in [0.3, 0.4) is 0 Å². The summed E-state index contributed by atoms with van der Waals surface area (Å²) < 4.78 is 13.6. The van der Waals surface area contributed by atoms with Crippen LogP contribution < -0.4 is 10.6 Å². The van der Waals surface area contributed by atoms with Crippen molar-refractivity contribution >= 4 is 34.1 Å². The van der Waals surface area contributed by atoms with Crippen molar-refractivity contribution in [2.75, 3.05) is 5.32 Å². The molecule has 122 valence electrons. The van der Waals surface area contributed by atoms with Crippen molar-refractivity contribution < 1.29 is 9.18 Å². The van der Waals surface area contributed by atoms with E-state index < -0.39 is 0 Å². The molecular weight excluding hydrogens is 335 g/mol. The number of halogens is 1. The molecule has 0 aliphatic heterocycles. The van der Waals surface area contributed by atoms with E-state index in [1.165, 1.54) is 48.1 Å². The summed E-state index contributed by atoms with van der Waals surface area (Å²) in [5.41, 5.74) is 0.865. The first-order valence-corrected chi connectivity index (χ1v) is 9.08. The molecule has 1 amide bonds. The molecule has 1 aliphatic rings. The van der Waals surface area contributed by atoms with Crippen LogP contribution in [0, 0.1) is 5.82 Å². The number of anilines is 1. The van der Waals surface area contributed by atoms with E-state index >= 15 is 0 Å². The molecule has 1 saturated carbocycles. The molecule has 2 aromatic rings. The molecule has 8 heteroatoms. The summed E-state index contributed by atoms with van der Waals surface area (Å²) in [6.45, 7) is 2.22. The minimum absolute atomic E-state index is 0.0776. The molecule has 0 spiro atoms. The monoisotopic (exact) mass is 352 g/mol. The van der Waals surface area contributed by atoms with Crippen LogP contribution in [0.25, 0.3) is 0 Å². The highest BCUT2D eigenvalue weighted by atomic mass is 32.2. The van der Waals surface area contributed by atoms with Gasteiger partial charge < -0.3 is 10.6 Å². The first-order chi connectivity index (χ1) is 11.1. The van der Waals surface area contributed by atoms with Crippen LogP contribution in [-0.4, -0.2) is 27.4 Å². The van der Waals surface area contributed by atoms with Crippen molar-refractivity contribution in [2.45, 2.75) is 41.9 Å². The van der Waals surface area contributed by atoms with Gasteiger partial charge in [-0.2, -0.15) is 0 Å². The number of thioether (sulfide) groups is 1. The predicted molar refractivity (Wildman–Crippen MR) is 90.1 cm³/mol. The highest BCUT2D eigenvalue weighted by molar-refractivity contribution is 8.02. The number of hydrogen-bond donors (Lipinski definition) is 2. The predicted octanol–water partition coefficient (Wildman–Crippen LogP) is 3.05. The van der Waals surface area contributed by atoms with Gasteiger partial charge in [0.05, 0.1) is 5.25 Å². The van der Waals surface area contributed by atoms with Gasteiger partial charge in [-0.15, -0.1) is 10.2 Å². The lowest BCUT2D eigenvalue weighted by molar-refractivity contribution is -0.120. The second-order valence-corrected chi connectivity index (χ2v) is 7.96. The van der Waals surface area contributed by atoms with Gasteiger partial charge in [0.25, 0.3) is 0 Å². The van der Waals surface area contributed by atoms with Gasteiger partial charge in [-0.3, -0.25) is 4.79 Å². The van der Waals surface area contributed by atoms with E-state index in [9.17, 15) is 9.18 Å². The molecule has 1 fully saturated rings. The van der Waals surface area contributed by atoms with Crippen LogP contribution in [-0.2, 0) is 11.3 Å². The zero-order valence-electron chi connectivity index (χ0n) is 12.6. The summed E-state index contributed by atoms with van der Waals surface area (Å²) >= 11 is 2.86. The first kappa shape index (κ1) is 16.2. The Bertz CT molecular complexity index is 672. The van der Waals surface area contributed by atoms with E-state index in [0.29, 0.717) is 12.6 Å². The third-order valence-corrected chi connectivity index (χ3v) is 5.38. The molecule has 3 rings (SSSR count). The fourth-order valence-corrected chi connectivity index (χ4v) is 3.86. The number of benzene rings is 1. The Morgan fingerprint density at radius 3 is 2.83 bits per heavy atom. The van der Waals surface area contributed by atoms with Crippen molar-refractivity contribution in [1.29, 1.82) is 0 Å². The zero-order chi connectivity index (χ0) is 16.2. The van der Waals surface area contributed by atoms with Crippen LogP contribution in [0.4, 0.5) is 9.52 Å². The maximum Gasteiger partial charge on any atom is 0.233 e. The minimum atomic E-state index is -0.282. The van der Waals surface area contributed by atoms with E-state index in [2.05, 4.69) is 20.8 Å². The highest BCUT2D eigenvalue weighted by Gasteiger charge is 2.23. The fourth-order valence-electron chi connectivity index (χ4n) is 1.86. The van der Waals surface area contributed by atoms with Gasteiger partial charge in [0.1, 0.15) is 5.82 Å². The lowest BCUT2D eigenvalue weighted by atomic mass is 10.2. The molecule has 1 aromatic carbocycles. The summed E-state index contributed by atoms with van der Waals surface area (Å²) in [6.07, 6.45) is 2.37. The van der Waals surface area contributed by atoms with Crippen molar-refractivity contribution in [3.8, 4) is 0 Å². The smallest absolute Gasteiger partial charge is 0.233 e. The van der Waals surface area contributed by atoms with Gasteiger partial charge in [0.15, 0.2) is 4.34 Å². The van der Waals surface area contributed by atoms with Gasteiger partial charge in [0, 0.05) is 12.6 Å². The average Bonchev–Trinajstić information content (AvgIpc) is 3.25. The van der Waals surface area contributed by atoms with Crippen molar-refractivity contribution in [2.24, 2.45) is 0 Å². The molecule has 1 aliphatic carbocycles. The quantitative estimate of drug-likeness (QED) is 0.750. The zero-order valence-corrected chi connectivity index (χ0v) is 14.2. The SMILES string of the molecule is C[C@H](Sc1nnc(NC2CC2)s1)C(=O)NCc1ccc(F)cc1. The van der Waals surface area contributed by atoms with Gasteiger partial charge in [-0.1, -0.05) is 35.2 Å². The van der Waals surface area contributed by atoms with Crippen LogP contribution in [0.2, 0.25) is 0 Å². The Balaban J connectivity index is 1.46. The molecule has 0 radical (unpaired) electrons.